The van der Waals surface area contributed by atoms with Crippen LogP contribution in [-0.2, 0) is 12.4 Å². The number of carbonyl (C=O) groups is 1. The molecule has 1 aromatic carbocycles. The van der Waals surface area contributed by atoms with Gasteiger partial charge in [-0.25, -0.2) is 4.98 Å². The molecule has 0 saturated heterocycles. The van der Waals surface area contributed by atoms with Crippen molar-refractivity contribution in [1.82, 2.24) is 10.3 Å². The lowest BCUT2D eigenvalue weighted by molar-refractivity contribution is -0.384. The first-order chi connectivity index (χ1) is 14.3. The lowest BCUT2D eigenvalue weighted by Gasteiger charge is -2.16. The maximum Gasteiger partial charge on any atom is 0.418 e. The molecule has 0 aliphatic carbocycles. The molecular formula is C17H12ClF6N3O4. The maximum absolute atomic E-state index is 12.9. The summed E-state index contributed by atoms with van der Waals surface area (Å²) in [6, 6.07) is 3.40. The van der Waals surface area contributed by atoms with Gasteiger partial charge in [0, 0.05) is 30.9 Å². The summed E-state index contributed by atoms with van der Waals surface area (Å²) in [7, 11) is 0. The molecule has 1 heterocycles. The van der Waals surface area contributed by atoms with Gasteiger partial charge in [0.15, 0.2) is 0 Å². The molecule has 0 bridgehead atoms. The summed E-state index contributed by atoms with van der Waals surface area (Å²) in [5, 5.41) is 13.1. The average molecular weight is 472 g/mol. The second-order valence-corrected chi connectivity index (χ2v) is 6.35. The van der Waals surface area contributed by atoms with E-state index >= 15 is 0 Å². The predicted molar refractivity (Wildman–Crippen MR) is 94.8 cm³/mol. The Morgan fingerprint density at radius 2 is 1.77 bits per heavy atom. The van der Waals surface area contributed by atoms with Gasteiger partial charge in [-0.2, -0.15) is 26.3 Å². The third-order valence-corrected chi connectivity index (χ3v) is 4.08. The number of nitrogens with zero attached hydrogens (tertiary/aromatic N) is 2. The Labute approximate surface area is 175 Å². The van der Waals surface area contributed by atoms with Gasteiger partial charge >= 0.3 is 12.4 Å². The minimum Gasteiger partial charge on any atom is -0.478 e. The molecule has 0 aliphatic heterocycles. The fraction of sp³-hybridized carbons (Fsp3) is 0.294. The molecule has 0 saturated carbocycles. The summed E-state index contributed by atoms with van der Waals surface area (Å²) in [6.07, 6.45) is -10.4. The zero-order valence-corrected chi connectivity index (χ0v) is 15.9. The third-order valence-electron chi connectivity index (χ3n) is 3.75. The van der Waals surface area contributed by atoms with Crippen molar-refractivity contribution in [1.29, 1.82) is 0 Å². The molecule has 7 nitrogen and oxygen atoms in total. The van der Waals surface area contributed by atoms with Crippen molar-refractivity contribution in [2.75, 3.05) is 13.2 Å². The number of carbonyl (C=O) groups excluding carboxylic acids is 1. The molecule has 2 aromatic rings. The lowest BCUT2D eigenvalue weighted by atomic mass is 10.1. The van der Waals surface area contributed by atoms with Gasteiger partial charge in [-0.1, -0.05) is 11.6 Å². The molecule has 2 rings (SSSR count). The van der Waals surface area contributed by atoms with Crippen LogP contribution in [0.5, 0.6) is 5.88 Å². The van der Waals surface area contributed by atoms with E-state index in [0.717, 1.165) is 12.1 Å². The maximum atomic E-state index is 12.9. The highest BCUT2D eigenvalue weighted by Gasteiger charge is 2.43. The van der Waals surface area contributed by atoms with E-state index in [1.807, 2.05) is 0 Å². The number of aromatic nitrogens is 1. The molecule has 31 heavy (non-hydrogen) atoms. The van der Waals surface area contributed by atoms with Gasteiger partial charge in [-0.3, -0.25) is 14.9 Å². The zero-order chi connectivity index (χ0) is 23.4. The van der Waals surface area contributed by atoms with Crippen molar-refractivity contribution in [2.24, 2.45) is 0 Å². The second kappa shape index (κ2) is 9.37. The van der Waals surface area contributed by atoms with Crippen LogP contribution < -0.4 is 10.1 Å². The summed E-state index contributed by atoms with van der Waals surface area (Å²) in [6.45, 7) is -0.344. The van der Waals surface area contributed by atoms with Crippen molar-refractivity contribution in [3.8, 4) is 5.88 Å². The largest absolute Gasteiger partial charge is 0.478 e. The second-order valence-electron chi connectivity index (χ2n) is 5.94. The molecule has 14 heteroatoms. The number of benzene rings is 1. The van der Waals surface area contributed by atoms with Gasteiger partial charge in [0.1, 0.15) is 0 Å². The van der Waals surface area contributed by atoms with Crippen molar-refractivity contribution in [3.05, 3.63) is 62.3 Å². The Kier molecular flexibility index (Phi) is 7.31. The zero-order valence-electron chi connectivity index (χ0n) is 15.2. The van der Waals surface area contributed by atoms with Gasteiger partial charge in [0.25, 0.3) is 11.6 Å². The summed E-state index contributed by atoms with van der Waals surface area (Å²) in [5.41, 5.74) is -4.38. The Morgan fingerprint density at radius 3 is 2.35 bits per heavy atom. The molecule has 1 N–H and O–H groups in total. The molecule has 0 atom stereocenters. The summed E-state index contributed by atoms with van der Waals surface area (Å²) in [5.74, 6) is -1.41. The number of nitro benzene ring substituents is 1. The van der Waals surface area contributed by atoms with Crippen molar-refractivity contribution < 1.29 is 40.8 Å². The Morgan fingerprint density at radius 1 is 1.13 bits per heavy atom. The van der Waals surface area contributed by atoms with Gasteiger partial charge in [0.2, 0.25) is 5.88 Å². The van der Waals surface area contributed by atoms with E-state index in [1.54, 1.807) is 0 Å². The quantitative estimate of drug-likeness (QED) is 0.269. The standard InChI is InChI=1S/C17H12ClF6N3O4/c18-13-3-2-9(27(29)30)6-10(13)15(28)25-4-1-5-31-14-7-11(16(19,20)21)12(8-26-14)17(22,23)24/h2-3,6-8H,1,4-5H2,(H,25,28). The fourth-order valence-corrected chi connectivity index (χ4v) is 2.53. The first kappa shape index (κ1) is 24.2. The topological polar surface area (TPSA) is 94.4 Å². The van der Waals surface area contributed by atoms with Crippen LogP contribution in [0, 0.1) is 10.1 Å². The first-order valence-corrected chi connectivity index (χ1v) is 8.68. The number of ether oxygens (including phenoxy) is 1. The fourth-order valence-electron chi connectivity index (χ4n) is 2.32. The van der Waals surface area contributed by atoms with Crippen LogP contribution in [0.15, 0.2) is 30.5 Å². The number of alkyl halides is 6. The Hall–Kier alpha value is -3.09. The molecule has 1 aromatic heterocycles. The third kappa shape index (κ3) is 6.44. The van der Waals surface area contributed by atoms with E-state index in [0.29, 0.717) is 0 Å². The molecule has 0 aliphatic rings. The molecule has 0 spiro atoms. The van der Waals surface area contributed by atoms with Crippen molar-refractivity contribution in [3.63, 3.8) is 0 Å². The van der Waals surface area contributed by atoms with Gasteiger partial charge in [-0.15, -0.1) is 0 Å². The van der Waals surface area contributed by atoms with E-state index in [-0.39, 0.29) is 48.1 Å². The highest BCUT2D eigenvalue weighted by atomic mass is 35.5. The average Bonchev–Trinajstić information content (AvgIpc) is 2.66. The highest BCUT2D eigenvalue weighted by Crippen LogP contribution is 2.40. The van der Waals surface area contributed by atoms with Crippen LogP contribution >= 0.6 is 11.6 Å². The van der Waals surface area contributed by atoms with Gasteiger partial charge in [0.05, 0.1) is 33.2 Å². The van der Waals surface area contributed by atoms with Crippen LogP contribution in [0.2, 0.25) is 5.02 Å². The minimum absolute atomic E-state index is 0.0320. The van der Waals surface area contributed by atoms with Crippen LogP contribution in [-0.4, -0.2) is 29.0 Å². The van der Waals surface area contributed by atoms with E-state index in [9.17, 15) is 41.3 Å². The Balaban J connectivity index is 1.94. The van der Waals surface area contributed by atoms with E-state index in [2.05, 4.69) is 10.3 Å². The van der Waals surface area contributed by atoms with Crippen LogP contribution in [0.1, 0.15) is 27.9 Å². The highest BCUT2D eigenvalue weighted by molar-refractivity contribution is 6.33. The first-order valence-electron chi connectivity index (χ1n) is 8.30. The van der Waals surface area contributed by atoms with E-state index < -0.39 is 40.2 Å². The summed E-state index contributed by atoms with van der Waals surface area (Å²) < 4.78 is 81.7. The minimum atomic E-state index is -5.27. The van der Waals surface area contributed by atoms with Crippen LogP contribution in [0.4, 0.5) is 32.0 Å². The normalized spacial score (nSPS) is 11.8. The number of halogens is 7. The number of hydrogen-bond acceptors (Lipinski definition) is 5. The number of amides is 1. The molecule has 0 fully saturated rings. The molecular weight excluding hydrogens is 460 g/mol. The SMILES string of the molecule is O=C(NCCCOc1cc(C(F)(F)F)c(C(F)(F)F)cn1)c1cc([N+](=O)[O-])ccc1Cl. The van der Waals surface area contributed by atoms with Crippen molar-refractivity contribution in [2.45, 2.75) is 18.8 Å². The number of rotatable bonds is 7. The van der Waals surface area contributed by atoms with Crippen LogP contribution in [0.3, 0.4) is 0 Å². The number of nitro groups is 1. The van der Waals surface area contributed by atoms with E-state index in [1.165, 1.54) is 6.07 Å². The van der Waals surface area contributed by atoms with Crippen molar-refractivity contribution >= 4 is 23.2 Å². The molecule has 0 unspecified atom stereocenters. The summed E-state index contributed by atoms with van der Waals surface area (Å²) >= 11 is 5.82. The molecule has 0 radical (unpaired) electrons. The number of pyridine rings is 1. The van der Waals surface area contributed by atoms with E-state index in [4.69, 9.17) is 16.3 Å². The number of non-ortho nitro benzene ring substituents is 1. The van der Waals surface area contributed by atoms with Gasteiger partial charge < -0.3 is 10.1 Å². The smallest absolute Gasteiger partial charge is 0.418 e. The monoisotopic (exact) mass is 471 g/mol. The van der Waals surface area contributed by atoms with Gasteiger partial charge in [-0.05, 0) is 12.5 Å². The molecule has 168 valence electrons. The predicted octanol–water partition coefficient (Wildman–Crippen LogP) is 4.88. The Bertz CT molecular complexity index is 981. The number of hydrogen-bond donors (Lipinski definition) is 1. The lowest BCUT2D eigenvalue weighted by Crippen LogP contribution is -2.26. The number of nitrogens with one attached hydrogen (secondary N) is 1. The summed E-state index contributed by atoms with van der Waals surface area (Å²) in [4.78, 5) is 25.3. The molecule has 1 amide bonds. The van der Waals surface area contributed by atoms with Crippen LogP contribution in [0.25, 0.3) is 0 Å².